The van der Waals surface area contributed by atoms with Crippen LogP contribution in [0.15, 0.2) is 24.3 Å². The molecule has 0 atom stereocenters. The molecule has 0 spiro atoms. The number of anilines is 1. The molecule has 94 valence electrons. The van der Waals surface area contributed by atoms with E-state index in [1.807, 2.05) is 6.07 Å². The third-order valence-corrected chi connectivity index (χ3v) is 2.66. The molecule has 0 unspecified atom stereocenters. The van der Waals surface area contributed by atoms with Crippen LogP contribution in [0.2, 0.25) is 0 Å². The van der Waals surface area contributed by atoms with Crippen LogP contribution in [0.4, 0.5) is 5.69 Å². The number of nitrogens with one attached hydrogen (secondary N) is 1. The van der Waals surface area contributed by atoms with Gasteiger partial charge < -0.3 is 11.1 Å². The summed E-state index contributed by atoms with van der Waals surface area (Å²) in [5.41, 5.74) is 7.65. The number of amides is 1. The van der Waals surface area contributed by atoms with Gasteiger partial charge in [0.1, 0.15) is 0 Å². The zero-order valence-electron chi connectivity index (χ0n) is 10.9. The second-order valence-corrected chi connectivity index (χ2v) is 5.33. The minimum absolute atomic E-state index is 0.158. The number of benzene rings is 1. The van der Waals surface area contributed by atoms with Crippen LogP contribution in [-0.4, -0.2) is 12.5 Å². The molecule has 17 heavy (non-hydrogen) atoms. The van der Waals surface area contributed by atoms with Gasteiger partial charge in [-0.05, 0) is 29.5 Å². The van der Waals surface area contributed by atoms with Crippen molar-refractivity contribution in [1.29, 1.82) is 0 Å². The van der Waals surface area contributed by atoms with Gasteiger partial charge in [0.05, 0.1) is 0 Å². The molecule has 0 aliphatic carbocycles. The Morgan fingerprint density at radius 2 is 2.06 bits per heavy atom. The summed E-state index contributed by atoms with van der Waals surface area (Å²) in [7, 11) is 0. The van der Waals surface area contributed by atoms with E-state index in [-0.39, 0.29) is 11.3 Å². The van der Waals surface area contributed by atoms with Gasteiger partial charge in [0.15, 0.2) is 0 Å². The summed E-state index contributed by atoms with van der Waals surface area (Å²) in [4.78, 5) is 10.6. The third-order valence-electron chi connectivity index (χ3n) is 2.66. The summed E-state index contributed by atoms with van der Waals surface area (Å²) >= 11 is 0. The molecule has 0 aliphatic heterocycles. The largest absolute Gasteiger partial charge is 0.385 e. The van der Waals surface area contributed by atoms with Gasteiger partial charge in [0.25, 0.3) is 0 Å². The molecule has 0 saturated carbocycles. The summed E-state index contributed by atoms with van der Waals surface area (Å²) < 4.78 is 0. The van der Waals surface area contributed by atoms with Gasteiger partial charge in [0.2, 0.25) is 5.91 Å². The first-order valence-electron chi connectivity index (χ1n) is 6.02. The highest BCUT2D eigenvalue weighted by atomic mass is 16.1. The Labute approximate surface area is 103 Å². The first-order chi connectivity index (χ1) is 7.89. The molecule has 1 aromatic rings. The maximum Gasteiger partial charge on any atom is 0.217 e. The SMILES string of the molecule is CC(C)(C)c1cccc(NCCCC(N)=O)c1. The lowest BCUT2D eigenvalue weighted by molar-refractivity contribution is -0.118. The molecule has 3 nitrogen and oxygen atoms in total. The van der Waals surface area contributed by atoms with E-state index < -0.39 is 0 Å². The van der Waals surface area contributed by atoms with Gasteiger partial charge in [0, 0.05) is 18.7 Å². The van der Waals surface area contributed by atoms with Gasteiger partial charge >= 0.3 is 0 Å². The Morgan fingerprint density at radius 3 is 2.65 bits per heavy atom. The molecule has 0 aliphatic rings. The van der Waals surface area contributed by atoms with Crippen molar-refractivity contribution in [2.45, 2.75) is 39.0 Å². The number of nitrogens with two attached hydrogens (primary N) is 1. The summed E-state index contributed by atoms with van der Waals surface area (Å²) in [6, 6.07) is 8.38. The van der Waals surface area contributed by atoms with Crippen molar-refractivity contribution in [1.82, 2.24) is 0 Å². The van der Waals surface area contributed by atoms with Crippen LogP contribution in [0.3, 0.4) is 0 Å². The maximum atomic E-state index is 10.6. The van der Waals surface area contributed by atoms with Crippen molar-refractivity contribution in [2.24, 2.45) is 5.73 Å². The summed E-state index contributed by atoms with van der Waals surface area (Å²) in [5, 5.41) is 3.30. The highest BCUT2D eigenvalue weighted by molar-refractivity contribution is 5.73. The topological polar surface area (TPSA) is 55.1 Å². The van der Waals surface area contributed by atoms with Gasteiger partial charge in [-0.25, -0.2) is 0 Å². The van der Waals surface area contributed by atoms with Crippen molar-refractivity contribution in [3.63, 3.8) is 0 Å². The van der Waals surface area contributed by atoms with Crippen molar-refractivity contribution in [3.05, 3.63) is 29.8 Å². The van der Waals surface area contributed by atoms with Gasteiger partial charge in [-0.1, -0.05) is 32.9 Å². The third kappa shape index (κ3) is 4.89. The predicted octanol–water partition coefficient (Wildman–Crippen LogP) is 2.66. The molecule has 0 radical (unpaired) electrons. The van der Waals surface area contributed by atoms with E-state index in [1.165, 1.54) is 5.56 Å². The van der Waals surface area contributed by atoms with E-state index in [0.29, 0.717) is 6.42 Å². The fourth-order valence-electron chi connectivity index (χ4n) is 1.59. The van der Waals surface area contributed by atoms with Crippen molar-refractivity contribution in [2.75, 3.05) is 11.9 Å². The Kier molecular flexibility index (Phi) is 4.55. The number of rotatable bonds is 5. The second kappa shape index (κ2) is 5.71. The van der Waals surface area contributed by atoms with Crippen LogP contribution in [-0.2, 0) is 10.2 Å². The maximum absolute atomic E-state index is 10.6. The highest BCUT2D eigenvalue weighted by Gasteiger charge is 2.13. The van der Waals surface area contributed by atoms with Crippen molar-refractivity contribution in [3.8, 4) is 0 Å². The standard InChI is InChI=1S/C14H22N2O/c1-14(2,3)11-6-4-7-12(10-11)16-9-5-8-13(15)17/h4,6-7,10,16H,5,8-9H2,1-3H3,(H2,15,17). The van der Waals surface area contributed by atoms with Crippen molar-refractivity contribution < 1.29 is 4.79 Å². The first kappa shape index (κ1) is 13.6. The van der Waals surface area contributed by atoms with E-state index in [9.17, 15) is 4.79 Å². The van der Waals surface area contributed by atoms with E-state index in [1.54, 1.807) is 0 Å². The zero-order valence-corrected chi connectivity index (χ0v) is 10.9. The van der Waals surface area contributed by atoms with Gasteiger partial charge in [-0.15, -0.1) is 0 Å². The summed E-state index contributed by atoms with van der Waals surface area (Å²) in [5.74, 6) is -0.241. The number of hydrogen-bond acceptors (Lipinski definition) is 2. The molecule has 0 saturated heterocycles. The molecule has 0 fully saturated rings. The molecular weight excluding hydrogens is 212 g/mol. The number of primary amides is 1. The van der Waals surface area contributed by atoms with Crippen LogP contribution < -0.4 is 11.1 Å². The van der Waals surface area contributed by atoms with Crippen LogP contribution in [0.25, 0.3) is 0 Å². The molecule has 0 heterocycles. The monoisotopic (exact) mass is 234 g/mol. The fourth-order valence-corrected chi connectivity index (χ4v) is 1.59. The van der Waals surface area contributed by atoms with Gasteiger partial charge in [-0.2, -0.15) is 0 Å². The Bertz CT molecular complexity index is 380. The summed E-state index contributed by atoms with van der Waals surface area (Å²) in [6.07, 6.45) is 1.21. The molecule has 1 aromatic carbocycles. The van der Waals surface area contributed by atoms with Gasteiger partial charge in [-0.3, -0.25) is 4.79 Å². The van der Waals surface area contributed by atoms with E-state index in [4.69, 9.17) is 5.73 Å². The molecule has 0 bridgehead atoms. The average Bonchev–Trinajstić information content (AvgIpc) is 2.23. The minimum Gasteiger partial charge on any atom is -0.385 e. The predicted molar refractivity (Wildman–Crippen MR) is 72.1 cm³/mol. The van der Waals surface area contributed by atoms with Crippen LogP contribution in [0, 0.1) is 0 Å². The Balaban J connectivity index is 2.52. The van der Waals surface area contributed by atoms with Crippen molar-refractivity contribution >= 4 is 11.6 Å². The zero-order chi connectivity index (χ0) is 12.9. The highest BCUT2D eigenvalue weighted by Crippen LogP contribution is 2.24. The Hall–Kier alpha value is -1.51. The first-order valence-corrected chi connectivity index (χ1v) is 6.02. The second-order valence-electron chi connectivity index (χ2n) is 5.33. The number of hydrogen-bond donors (Lipinski definition) is 2. The summed E-state index contributed by atoms with van der Waals surface area (Å²) in [6.45, 7) is 7.36. The number of carbonyl (C=O) groups is 1. The normalized spacial score (nSPS) is 11.2. The number of carbonyl (C=O) groups excluding carboxylic acids is 1. The lowest BCUT2D eigenvalue weighted by Gasteiger charge is -2.20. The lowest BCUT2D eigenvalue weighted by Crippen LogP contribution is -2.13. The van der Waals surface area contributed by atoms with Crippen LogP contribution in [0.1, 0.15) is 39.2 Å². The molecule has 1 rings (SSSR count). The molecule has 3 N–H and O–H groups in total. The molecule has 0 aromatic heterocycles. The quantitative estimate of drug-likeness (QED) is 0.770. The molecular formula is C14H22N2O. The van der Waals surface area contributed by atoms with E-state index >= 15 is 0 Å². The smallest absolute Gasteiger partial charge is 0.217 e. The lowest BCUT2D eigenvalue weighted by atomic mass is 9.87. The fraction of sp³-hybridized carbons (Fsp3) is 0.500. The van der Waals surface area contributed by atoms with E-state index in [0.717, 1.165) is 18.7 Å². The molecule has 1 amide bonds. The van der Waals surface area contributed by atoms with Crippen LogP contribution >= 0.6 is 0 Å². The minimum atomic E-state index is -0.241. The average molecular weight is 234 g/mol. The van der Waals surface area contributed by atoms with E-state index in [2.05, 4.69) is 44.3 Å². The van der Waals surface area contributed by atoms with Crippen LogP contribution in [0.5, 0.6) is 0 Å². The Morgan fingerprint density at radius 1 is 1.35 bits per heavy atom. The molecule has 3 heteroatoms.